The average molecular weight is 220 g/mol. The Balaban J connectivity index is 3.39. The second kappa shape index (κ2) is 9.09. The van der Waals surface area contributed by atoms with Crippen LogP contribution in [0.4, 0.5) is 0 Å². The maximum atomic E-state index is 9.01. The van der Waals surface area contributed by atoms with Crippen molar-refractivity contribution in [3.63, 3.8) is 0 Å². The minimum absolute atomic E-state index is 0.00340. The Morgan fingerprint density at radius 2 is 1.47 bits per heavy atom. The first-order valence-electron chi connectivity index (χ1n) is 5.55. The molecule has 0 radical (unpaired) electrons. The van der Waals surface area contributed by atoms with Crippen LogP contribution in [0.3, 0.4) is 0 Å². The van der Waals surface area contributed by atoms with E-state index in [2.05, 4.69) is 0 Å². The van der Waals surface area contributed by atoms with Gasteiger partial charge in [-0.05, 0) is 27.7 Å². The molecular weight excluding hydrogens is 196 g/mol. The van der Waals surface area contributed by atoms with Gasteiger partial charge >= 0.3 is 0 Å². The van der Waals surface area contributed by atoms with Gasteiger partial charge in [0.1, 0.15) is 0 Å². The summed E-state index contributed by atoms with van der Waals surface area (Å²) in [6.45, 7) is 9.76. The molecule has 0 saturated heterocycles. The van der Waals surface area contributed by atoms with Crippen molar-refractivity contribution in [2.45, 2.75) is 46.0 Å². The Morgan fingerprint density at radius 1 is 0.933 bits per heavy atom. The summed E-state index contributed by atoms with van der Waals surface area (Å²) in [4.78, 5) is 0. The number of hydrogen-bond acceptors (Lipinski definition) is 4. The predicted octanol–water partition coefficient (Wildman–Crippen LogP) is 1.21. The largest absolute Gasteiger partial charge is 0.391 e. The van der Waals surface area contributed by atoms with Gasteiger partial charge in [-0.1, -0.05) is 0 Å². The molecule has 4 heteroatoms. The van der Waals surface area contributed by atoms with Crippen LogP contribution in [0.2, 0.25) is 0 Å². The summed E-state index contributed by atoms with van der Waals surface area (Å²) < 4.78 is 16.1. The van der Waals surface area contributed by atoms with E-state index in [4.69, 9.17) is 19.3 Å². The van der Waals surface area contributed by atoms with Gasteiger partial charge in [-0.25, -0.2) is 0 Å². The molecule has 3 atom stereocenters. The van der Waals surface area contributed by atoms with Crippen molar-refractivity contribution in [2.75, 3.05) is 26.4 Å². The molecule has 0 fully saturated rings. The molecule has 4 nitrogen and oxygen atoms in total. The second-order valence-corrected chi connectivity index (χ2v) is 3.80. The van der Waals surface area contributed by atoms with E-state index in [-0.39, 0.29) is 12.2 Å². The van der Waals surface area contributed by atoms with E-state index in [9.17, 15) is 0 Å². The summed E-state index contributed by atoms with van der Waals surface area (Å²) in [6.07, 6.45) is -0.334. The molecule has 0 unspecified atom stereocenters. The highest BCUT2D eigenvalue weighted by molar-refractivity contribution is 4.53. The quantitative estimate of drug-likeness (QED) is 0.634. The zero-order chi connectivity index (χ0) is 11.7. The third-order valence-corrected chi connectivity index (χ3v) is 1.79. The lowest BCUT2D eigenvalue weighted by atomic mass is 10.4. The lowest BCUT2D eigenvalue weighted by Crippen LogP contribution is -2.25. The molecule has 0 aliphatic carbocycles. The Labute approximate surface area is 92.5 Å². The van der Waals surface area contributed by atoms with Gasteiger partial charge in [0.05, 0.1) is 38.1 Å². The van der Waals surface area contributed by atoms with Crippen molar-refractivity contribution < 1.29 is 19.3 Å². The predicted molar refractivity (Wildman–Crippen MR) is 59.0 cm³/mol. The van der Waals surface area contributed by atoms with Crippen LogP contribution in [0, 0.1) is 0 Å². The van der Waals surface area contributed by atoms with Crippen LogP contribution in [-0.4, -0.2) is 49.8 Å². The molecule has 92 valence electrons. The van der Waals surface area contributed by atoms with Crippen molar-refractivity contribution in [2.24, 2.45) is 0 Å². The van der Waals surface area contributed by atoms with Crippen molar-refractivity contribution in [1.82, 2.24) is 0 Å². The maximum absolute atomic E-state index is 9.01. The third kappa shape index (κ3) is 10.1. The van der Waals surface area contributed by atoms with E-state index >= 15 is 0 Å². The van der Waals surface area contributed by atoms with Crippen LogP contribution in [-0.2, 0) is 14.2 Å². The molecule has 15 heavy (non-hydrogen) atoms. The summed E-state index contributed by atoms with van der Waals surface area (Å²) in [7, 11) is 0. The van der Waals surface area contributed by atoms with Crippen LogP contribution in [0.15, 0.2) is 0 Å². The summed E-state index contributed by atoms with van der Waals surface area (Å²) >= 11 is 0. The molecule has 0 bridgehead atoms. The minimum atomic E-state index is -0.423. The first kappa shape index (κ1) is 14.8. The Hall–Kier alpha value is -0.160. The van der Waals surface area contributed by atoms with E-state index in [1.807, 2.05) is 20.8 Å². The number of hydrogen-bond donors (Lipinski definition) is 1. The summed E-state index contributed by atoms with van der Waals surface area (Å²) in [5.41, 5.74) is 0. The monoisotopic (exact) mass is 220 g/mol. The lowest BCUT2D eigenvalue weighted by molar-refractivity contribution is -0.0690. The van der Waals surface area contributed by atoms with Crippen molar-refractivity contribution >= 4 is 0 Å². The van der Waals surface area contributed by atoms with Gasteiger partial charge in [0.25, 0.3) is 0 Å². The summed E-state index contributed by atoms with van der Waals surface area (Å²) in [5, 5.41) is 9.01. The fourth-order valence-corrected chi connectivity index (χ4v) is 0.983. The normalized spacial score (nSPS) is 17.4. The summed E-state index contributed by atoms with van der Waals surface area (Å²) in [6, 6.07) is 0. The minimum Gasteiger partial charge on any atom is -0.391 e. The molecule has 0 amide bonds. The third-order valence-electron chi connectivity index (χ3n) is 1.79. The molecule has 0 aromatic carbocycles. The first-order chi connectivity index (χ1) is 7.06. The van der Waals surface area contributed by atoms with E-state index in [0.717, 1.165) is 0 Å². The van der Waals surface area contributed by atoms with Gasteiger partial charge in [-0.2, -0.15) is 0 Å². The van der Waals surface area contributed by atoms with Crippen LogP contribution in [0.5, 0.6) is 0 Å². The van der Waals surface area contributed by atoms with Crippen molar-refractivity contribution in [3.8, 4) is 0 Å². The molecular formula is C11H24O4. The van der Waals surface area contributed by atoms with Gasteiger partial charge in [0.2, 0.25) is 0 Å². The number of aliphatic hydroxyl groups excluding tert-OH is 1. The van der Waals surface area contributed by atoms with Crippen LogP contribution in [0.1, 0.15) is 27.7 Å². The van der Waals surface area contributed by atoms with Gasteiger partial charge in [0.15, 0.2) is 0 Å². The highest BCUT2D eigenvalue weighted by atomic mass is 16.6. The molecule has 0 heterocycles. The number of aliphatic hydroxyl groups is 1. The topological polar surface area (TPSA) is 47.9 Å². The van der Waals surface area contributed by atoms with Crippen LogP contribution >= 0.6 is 0 Å². The average Bonchev–Trinajstić information content (AvgIpc) is 2.20. The van der Waals surface area contributed by atoms with Gasteiger partial charge in [0, 0.05) is 6.61 Å². The molecule has 0 aromatic rings. The Morgan fingerprint density at radius 3 is 2.00 bits per heavy atom. The van der Waals surface area contributed by atoms with Gasteiger partial charge in [-0.15, -0.1) is 0 Å². The smallest absolute Gasteiger partial charge is 0.0781 e. The summed E-state index contributed by atoms with van der Waals surface area (Å²) in [5.74, 6) is 0. The fourth-order valence-electron chi connectivity index (χ4n) is 0.983. The standard InChI is InChI=1S/C11H24O4/c1-5-13-7-10(3)15-8-11(4)14-6-9(2)12/h9-12H,5-8H2,1-4H3/t9-,10-,11+/m0/s1. The molecule has 0 saturated carbocycles. The SMILES string of the molecule is CCOC[C@H](C)OC[C@@H](C)OC[C@H](C)O. The Bertz CT molecular complexity index is 139. The first-order valence-corrected chi connectivity index (χ1v) is 5.55. The van der Waals surface area contributed by atoms with E-state index < -0.39 is 6.10 Å². The molecule has 0 aromatic heterocycles. The fraction of sp³-hybridized carbons (Fsp3) is 1.00. The van der Waals surface area contributed by atoms with Crippen LogP contribution in [0.25, 0.3) is 0 Å². The van der Waals surface area contributed by atoms with Crippen molar-refractivity contribution in [1.29, 1.82) is 0 Å². The van der Waals surface area contributed by atoms with E-state index in [0.29, 0.717) is 26.4 Å². The molecule has 0 aliphatic rings. The zero-order valence-electron chi connectivity index (χ0n) is 10.2. The highest BCUT2D eigenvalue weighted by Gasteiger charge is 2.07. The maximum Gasteiger partial charge on any atom is 0.0781 e. The highest BCUT2D eigenvalue weighted by Crippen LogP contribution is 1.98. The Kier molecular flexibility index (Phi) is 9.00. The van der Waals surface area contributed by atoms with E-state index in [1.54, 1.807) is 6.92 Å². The van der Waals surface area contributed by atoms with Gasteiger partial charge < -0.3 is 19.3 Å². The number of ether oxygens (including phenoxy) is 3. The molecule has 0 rings (SSSR count). The van der Waals surface area contributed by atoms with Crippen molar-refractivity contribution in [3.05, 3.63) is 0 Å². The van der Waals surface area contributed by atoms with Gasteiger partial charge in [-0.3, -0.25) is 0 Å². The molecule has 0 aliphatic heterocycles. The second-order valence-electron chi connectivity index (χ2n) is 3.80. The molecule has 1 N–H and O–H groups in total. The molecule has 0 spiro atoms. The lowest BCUT2D eigenvalue weighted by Gasteiger charge is -2.18. The zero-order valence-corrected chi connectivity index (χ0v) is 10.2. The van der Waals surface area contributed by atoms with E-state index in [1.165, 1.54) is 0 Å². The number of rotatable bonds is 9. The van der Waals surface area contributed by atoms with Crippen LogP contribution < -0.4 is 0 Å².